The number of ether oxygens (including phenoxy) is 1. The van der Waals surface area contributed by atoms with Gasteiger partial charge in [0.1, 0.15) is 11.9 Å². The summed E-state index contributed by atoms with van der Waals surface area (Å²) in [7, 11) is 0. The molecule has 0 saturated carbocycles. The third-order valence-corrected chi connectivity index (χ3v) is 3.80. The van der Waals surface area contributed by atoms with Gasteiger partial charge in [-0.15, -0.1) is 0 Å². The molecule has 1 aromatic rings. The lowest BCUT2D eigenvalue weighted by atomic mass is 10.00. The predicted molar refractivity (Wildman–Crippen MR) is 98.2 cm³/mol. The van der Waals surface area contributed by atoms with Crippen LogP contribution in [0.5, 0.6) is 0 Å². The number of carbonyl (C=O) groups excluding carboxylic acids is 3. The number of hydrogen-bond acceptors (Lipinski definition) is 5. The molecule has 0 aliphatic heterocycles. The van der Waals surface area contributed by atoms with Crippen molar-refractivity contribution in [2.45, 2.75) is 46.6 Å². The molecule has 0 saturated heterocycles. The zero-order valence-electron chi connectivity index (χ0n) is 15.6. The van der Waals surface area contributed by atoms with Gasteiger partial charge in [0.15, 0.2) is 11.6 Å². The fraction of sp³-hybridized carbons (Fsp3) is 0.381. The molecule has 5 heteroatoms. The average molecular weight is 356 g/mol. The van der Waals surface area contributed by atoms with Crippen molar-refractivity contribution < 1.29 is 23.5 Å². The van der Waals surface area contributed by atoms with E-state index in [1.165, 1.54) is 24.5 Å². The predicted octanol–water partition coefficient (Wildman–Crippen LogP) is 4.36. The van der Waals surface area contributed by atoms with Crippen LogP contribution in [0, 0.1) is 5.92 Å². The highest BCUT2D eigenvalue weighted by atomic mass is 16.5. The van der Waals surface area contributed by atoms with E-state index < -0.39 is 6.10 Å². The molecule has 1 aliphatic carbocycles. The van der Waals surface area contributed by atoms with Crippen LogP contribution in [-0.4, -0.2) is 17.5 Å². The van der Waals surface area contributed by atoms with Crippen LogP contribution in [0.3, 0.4) is 0 Å². The Hall–Kier alpha value is -2.69. The minimum atomic E-state index is -0.501. The monoisotopic (exact) mass is 356 g/mol. The zero-order chi connectivity index (χ0) is 19.3. The molecular weight excluding hydrogens is 332 g/mol. The second kappa shape index (κ2) is 8.61. The van der Waals surface area contributed by atoms with Crippen molar-refractivity contribution in [3.63, 3.8) is 0 Å². The molecule has 0 radical (unpaired) electrons. The van der Waals surface area contributed by atoms with E-state index in [0.29, 0.717) is 24.2 Å². The van der Waals surface area contributed by atoms with Crippen molar-refractivity contribution in [1.82, 2.24) is 0 Å². The van der Waals surface area contributed by atoms with Crippen molar-refractivity contribution >= 4 is 23.1 Å². The molecule has 1 aromatic heterocycles. The molecule has 2 rings (SSSR count). The Bertz CT molecular complexity index is 785. The lowest BCUT2D eigenvalue weighted by molar-refractivity contribution is -0.150. The van der Waals surface area contributed by atoms with Crippen molar-refractivity contribution in [2.75, 3.05) is 0 Å². The van der Waals surface area contributed by atoms with E-state index in [1.54, 1.807) is 6.07 Å². The normalized spacial score (nSPS) is 15.0. The number of allylic oxidation sites excluding steroid dienone is 5. The number of rotatable bonds is 7. The van der Waals surface area contributed by atoms with Crippen LogP contribution < -0.4 is 0 Å². The fourth-order valence-electron chi connectivity index (χ4n) is 2.50. The van der Waals surface area contributed by atoms with Crippen LogP contribution in [0.4, 0.5) is 0 Å². The van der Waals surface area contributed by atoms with E-state index in [2.05, 4.69) is 0 Å². The van der Waals surface area contributed by atoms with Gasteiger partial charge in [0.2, 0.25) is 0 Å². The van der Waals surface area contributed by atoms with Gasteiger partial charge in [0.05, 0.1) is 11.8 Å². The van der Waals surface area contributed by atoms with Crippen LogP contribution in [-0.2, 0) is 19.1 Å². The highest BCUT2D eigenvalue weighted by Gasteiger charge is 2.23. The molecule has 0 fully saturated rings. The first-order valence-corrected chi connectivity index (χ1v) is 8.66. The highest BCUT2D eigenvalue weighted by molar-refractivity contribution is 6.33. The summed E-state index contributed by atoms with van der Waals surface area (Å²) in [6.45, 7) is 7.84. The second-order valence-electron chi connectivity index (χ2n) is 7.00. The SMILES string of the molecule is CC(C)=CCC(OC(=O)CC(C)C)c1coc(C2=CC(=O)C=CC2=O)c1. The molecule has 1 atom stereocenters. The molecule has 26 heavy (non-hydrogen) atoms. The smallest absolute Gasteiger partial charge is 0.306 e. The molecule has 0 amide bonds. The van der Waals surface area contributed by atoms with Gasteiger partial charge in [0.25, 0.3) is 0 Å². The Morgan fingerprint density at radius 2 is 1.96 bits per heavy atom. The lowest BCUT2D eigenvalue weighted by Gasteiger charge is -2.16. The maximum atomic E-state index is 12.1. The Kier molecular flexibility index (Phi) is 6.50. The quantitative estimate of drug-likeness (QED) is 0.412. The molecule has 1 unspecified atom stereocenters. The van der Waals surface area contributed by atoms with Crippen molar-refractivity contribution in [3.8, 4) is 0 Å². The number of esters is 1. The van der Waals surface area contributed by atoms with E-state index in [0.717, 1.165) is 5.57 Å². The summed E-state index contributed by atoms with van der Waals surface area (Å²) in [6.07, 6.45) is 7.50. The third-order valence-electron chi connectivity index (χ3n) is 3.80. The number of hydrogen-bond donors (Lipinski definition) is 0. The third kappa shape index (κ3) is 5.41. The summed E-state index contributed by atoms with van der Waals surface area (Å²) in [4.78, 5) is 35.6. The van der Waals surface area contributed by atoms with Gasteiger partial charge in [-0.05, 0) is 38.0 Å². The van der Waals surface area contributed by atoms with Crippen LogP contribution in [0.2, 0.25) is 0 Å². The van der Waals surface area contributed by atoms with Gasteiger partial charge in [-0.2, -0.15) is 0 Å². The zero-order valence-corrected chi connectivity index (χ0v) is 15.6. The first kappa shape index (κ1) is 19.6. The van der Waals surface area contributed by atoms with E-state index in [1.807, 2.05) is 33.8 Å². The van der Waals surface area contributed by atoms with Crippen LogP contribution in [0.1, 0.15) is 58.0 Å². The lowest BCUT2D eigenvalue weighted by Crippen LogP contribution is -2.12. The number of ketones is 2. The summed E-state index contributed by atoms with van der Waals surface area (Å²) in [5, 5.41) is 0. The van der Waals surface area contributed by atoms with E-state index in [-0.39, 0.29) is 29.0 Å². The molecule has 5 nitrogen and oxygen atoms in total. The summed E-state index contributed by atoms with van der Waals surface area (Å²) in [6, 6.07) is 1.66. The standard InChI is InChI=1S/C21H24O5/c1-13(2)5-8-19(26-21(24)9-14(3)4)15-10-20(25-12-15)17-11-16(22)6-7-18(17)23/h5-7,10-12,14,19H,8-9H2,1-4H3. The Labute approximate surface area is 153 Å². The van der Waals surface area contributed by atoms with E-state index in [4.69, 9.17) is 9.15 Å². The summed E-state index contributed by atoms with van der Waals surface area (Å²) in [5.41, 5.74) is 1.98. The molecule has 0 aromatic carbocycles. The Morgan fingerprint density at radius 3 is 2.62 bits per heavy atom. The van der Waals surface area contributed by atoms with E-state index >= 15 is 0 Å². The van der Waals surface area contributed by atoms with Gasteiger partial charge < -0.3 is 9.15 Å². The van der Waals surface area contributed by atoms with Crippen molar-refractivity contribution in [3.05, 3.63) is 53.5 Å². The van der Waals surface area contributed by atoms with E-state index in [9.17, 15) is 14.4 Å². The summed E-state index contributed by atoms with van der Waals surface area (Å²) < 4.78 is 11.1. The fourth-order valence-corrected chi connectivity index (χ4v) is 2.50. The van der Waals surface area contributed by atoms with Crippen molar-refractivity contribution in [2.24, 2.45) is 5.92 Å². The summed E-state index contributed by atoms with van der Waals surface area (Å²) in [5.74, 6) is -0.328. The first-order valence-electron chi connectivity index (χ1n) is 8.66. The minimum absolute atomic E-state index is 0.203. The first-order chi connectivity index (χ1) is 12.3. The molecule has 0 bridgehead atoms. The minimum Gasteiger partial charge on any atom is -0.464 e. The van der Waals surface area contributed by atoms with Gasteiger partial charge in [-0.3, -0.25) is 14.4 Å². The van der Waals surface area contributed by atoms with Gasteiger partial charge in [-0.1, -0.05) is 25.5 Å². The molecule has 1 heterocycles. The number of carbonyl (C=O) groups is 3. The Balaban J connectivity index is 2.24. The molecular formula is C21H24O5. The molecule has 0 spiro atoms. The highest BCUT2D eigenvalue weighted by Crippen LogP contribution is 2.29. The number of furan rings is 1. The molecule has 0 N–H and O–H groups in total. The largest absolute Gasteiger partial charge is 0.464 e. The van der Waals surface area contributed by atoms with Crippen LogP contribution in [0.15, 0.2) is 46.6 Å². The maximum Gasteiger partial charge on any atom is 0.306 e. The second-order valence-corrected chi connectivity index (χ2v) is 7.00. The maximum absolute atomic E-state index is 12.1. The summed E-state index contributed by atoms with van der Waals surface area (Å²) >= 11 is 0. The topological polar surface area (TPSA) is 73.6 Å². The molecule has 1 aliphatic rings. The average Bonchev–Trinajstić information content (AvgIpc) is 3.02. The van der Waals surface area contributed by atoms with Crippen LogP contribution in [0.25, 0.3) is 5.57 Å². The molecule has 138 valence electrons. The van der Waals surface area contributed by atoms with Crippen LogP contribution >= 0.6 is 0 Å². The van der Waals surface area contributed by atoms with Gasteiger partial charge in [-0.25, -0.2) is 0 Å². The van der Waals surface area contributed by atoms with Gasteiger partial charge in [0, 0.05) is 24.5 Å². The van der Waals surface area contributed by atoms with Crippen molar-refractivity contribution in [1.29, 1.82) is 0 Å². The van der Waals surface area contributed by atoms with Gasteiger partial charge >= 0.3 is 5.97 Å². The Morgan fingerprint density at radius 1 is 1.23 bits per heavy atom.